The molecule has 0 saturated heterocycles. The minimum absolute atomic E-state index is 0.193. The predicted octanol–water partition coefficient (Wildman–Crippen LogP) is 4.97. The lowest BCUT2D eigenvalue weighted by molar-refractivity contribution is 0.102. The van der Waals surface area contributed by atoms with Crippen LogP contribution in [0.4, 0.5) is 17.2 Å². The number of nitrogens with one attached hydrogen (secondary N) is 1. The van der Waals surface area contributed by atoms with Crippen molar-refractivity contribution in [3.63, 3.8) is 0 Å². The van der Waals surface area contributed by atoms with Crippen LogP contribution in [0, 0.1) is 25.7 Å². The van der Waals surface area contributed by atoms with Crippen molar-refractivity contribution in [3.05, 3.63) is 82.5 Å². The first kappa shape index (κ1) is 21.5. The normalized spacial score (nSPS) is 12.2. The number of carbonyl (C=O) groups is 1. The molecule has 0 aliphatic carbocycles. The van der Waals surface area contributed by atoms with Crippen LogP contribution in [0.3, 0.4) is 0 Å². The molecule has 2 heterocycles. The molecule has 5 heteroatoms. The molecule has 0 radical (unpaired) electrons. The van der Waals surface area contributed by atoms with Gasteiger partial charge in [0.25, 0.3) is 5.91 Å². The molecule has 1 aliphatic heterocycles. The molecule has 162 valence electrons. The van der Waals surface area contributed by atoms with Gasteiger partial charge >= 0.3 is 0 Å². The Balaban J connectivity index is 1.56. The van der Waals surface area contributed by atoms with Gasteiger partial charge in [0.05, 0.1) is 18.0 Å². The summed E-state index contributed by atoms with van der Waals surface area (Å²) in [6.45, 7) is 8.13. The van der Waals surface area contributed by atoms with Crippen molar-refractivity contribution in [2.24, 2.45) is 0 Å². The van der Waals surface area contributed by atoms with Gasteiger partial charge in [0.1, 0.15) is 5.82 Å². The highest BCUT2D eigenvalue weighted by Crippen LogP contribution is 2.35. The molecule has 0 bridgehead atoms. The van der Waals surface area contributed by atoms with E-state index in [0.717, 1.165) is 41.9 Å². The number of pyridine rings is 1. The summed E-state index contributed by atoms with van der Waals surface area (Å²) < 4.78 is 0. The van der Waals surface area contributed by atoms with E-state index < -0.39 is 0 Å². The van der Waals surface area contributed by atoms with Gasteiger partial charge in [-0.2, -0.15) is 0 Å². The topological polar surface area (TPSA) is 48.5 Å². The average Bonchev–Trinajstić information content (AvgIpc) is 3.08. The van der Waals surface area contributed by atoms with Crippen molar-refractivity contribution in [2.75, 3.05) is 35.4 Å². The first-order valence-electron chi connectivity index (χ1n) is 10.9. The maximum Gasteiger partial charge on any atom is 0.256 e. The highest BCUT2D eigenvalue weighted by Gasteiger charge is 2.22. The van der Waals surface area contributed by atoms with Crippen molar-refractivity contribution in [2.45, 2.75) is 27.2 Å². The maximum atomic E-state index is 12.7. The van der Waals surface area contributed by atoms with Crippen molar-refractivity contribution in [1.82, 2.24) is 4.98 Å². The second-order valence-corrected chi connectivity index (χ2v) is 8.26. The monoisotopic (exact) mass is 424 g/mol. The fourth-order valence-corrected chi connectivity index (χ4v) is 3.87. The van der Waals surface area contributed by atoms with Crippen LogP contribution in [-0.2, 0) is 0 Å². The maximum absolute atomic E-state index is 12.7. The first-order valence-corrected chi connectivity index (χ1v) is 10.9. The largest absolute Gasteiger partial charge is 0.355 e. The molecule has 3 aromatic rings. The average molecular weight is 425 g/mol. The number of aromatic nitrogens is 1. The molecule has 5 nitrogen and oxygen atoms in total. The molecule has 1 N–H and O–H groups in total. The molecule has 1 aromatic heterocycles. The minimum atomic E-state index is -0.193. The number of benzene rings is 2. The Kier molecular flexibility index (Phi) is 6.13. The Morgan fingerprint density at radius 3 is 2.69 bits per heavy atom. The van der Waals surface area contributed by atoms with Gasteiger partial charge < -0.3 is 15.1 Å². The Hall–Kier alpha value is -3.78. The summed E-state index contributed by atoms with van der Waals surface area (Å²) in [4.78, 5) is 21.6. The summed E-state index contributed by atoms with van der Waals surface area (Å²) in [7, 11) is 2.11. The zero-order chi connectivity index (χ0) is 22.7. The van der Waals surface area contributed by atoms with Crippen LogP contribution in [-0.4, -0.2) is 31.2 Å². The number of anilines is 3. The second-order valence-electron chi connectivity index (χ2n) is 8.26. The van der Waals surface area contributed by atoms with Gasteiger partial charge in [-0.1, -0.05) is 24.8 Å². The predicted molar refractivity (Wildman–Crippen MR) is 131 cm³/mol. The smallest absolute Gasteiger partial charge is 0.256 e. The molecule has 0 fully saturated rings. The van der Waals surface area contributed by atoms with Gasteiger partial charge in [0, 0.05) is 36.5 Å². The third-order valence-corrected chi connectivity index (χ3v) is 5.60. The van der Waals surface area contributed by atoms with E-state index in [1.54, 1.807) is 6.20 Å². The number of rotatable bonds is 4. The molecule has 2 aromatic carbocycles. The van der Waals surface area contributed by atoms with Gasteiger partial charge in [-0.25, -0.2) is 4.98 Å². The molecule has 1 amide bonds. The van der Waals surface area contributed by atoms with E-state index in [-0.39, 0.29) is 5.91 Å². The number of fused-ring (bicyclic) bond motifs is 1. The Labute approximate surface area is 190 Å². The first-order chi connectivity index (χ1) is 15.4. The lowest BCUT2D eigenvalue weighted by atomic mass is 10.0. The van der Waals surface area contributed by atoms with Crippen LogP contribution < -0.4 is 15.1 Å². The van der Waals surface area contributed by atoms with E-state index >= 15 is 0 Å². The molecule has 0 saturated carbocycles. The van der Waals surface area contributed by atoms with Crippen molar-refractivity contribution >= 4 is 23.1 Å². The van der Waals surface area contributed by atoms with Crippen LogP contribution in [0.15, 0.2) is 54.7 Å². The Morgan fingerprint density at radius 2 is 1.91 bits per heavy atom. The van der Waals surface area contributed by atoms with E-state index in [4.69, 9.17) is 0 Å². The SMILES string of the molecule is CCCN1CN(C)c2cc(C#Cc3cc(C(=O)Nc4cc(C)ccn4)ccc3C)ccc21. The van der Waals surface area contributed by atoms with Gasteiger partial charge in [-0.15, -0.1) is 0 Å². The summed E-state index contributed by atoms with van der Waals surface area (Å²) in [5.74, 6) is 6.90. The van der Waals surface area contributed by atoms with E-state index in [2.05, 4.69) is 64.1 Å². The van der Waals surface area contributed by atoms with Crippen LogP contribution in [0.25, 0.3) is 0 Å². The van der Waals surface area contributed by atoms with E-state index in [0.29, 0.717) is 11.4 Å². The van der Waals surface area contributed by atoms with Crippen molar-refractivity contribution in [3.8, 4) is 11.8 Å². The molecule has 1 aliphatic rings. The molecular weight excluding hydrogens is 396 g/mol. The van der Waals surface area contributed by atoms with Crippen molar-refractivity contribution in [1.29, 1.82) is 0 Å². The number of nitrogens with zero attached hydrogens (tertiary/aromatic N) is 3. The van der Waals surface area contributed by atoms with Crippen LogP contribution >= 0.6 is 0 Å². The van der Waals surface area contributed by atoms with E-state index in [1.165, 1.54) is 11.4 Å². The second kappa shape index (κ2) is 9.15. The summed E-state index contributed by atoms with van der Waals surface area (Å²) in [5, 5.41) is 2.86. The van der Waals surface area contributed by atoms with Crippen LogP contribution in [0.2, 0.25) is 0 Å². The third kappa shape index (κ3) is 4.60. The molecule has 0 atom stereocenters. The standard InChI is InChI=1S/C27H28N4O/c1-5-14-31-18-30(4)25-16-21(8-11-24(25)31)7-10-22-17-23(9-6-20(22)3)27(32)29-26-15-19(2)12-13-28-26/h6,8-9,11-13,15-17H,5,14,18H2,1-4H3,(H,28,29,32). The highest BCUT2D eigenvalue weighted by atomic mass is 16.1. The number of hydrogen-bond donors (Lipinski definition) is 1. The summed E-state index contributed by atoms with van der Waals surface area (Å²) in [5.41, 5.74) is 6.93. The highest BCUT2D eigenvalue weighted by molar-refractivity contribution is 6.04. The quantitative estimate of drug-likeness (QED) is 0.601. The molecular formula is C27H28N4O. The molecule has 4 rings (SSSR count). The van der Waals surface area contributed by atoms with Gasteiger partial charge in [-0.3, -0.25) is 4.79 Å². The van der Waals surface area contributed by atoms with Crippen molar-refractivity contribution < 1.29 is 4.79 Å². The Morgan fingerprint density at radius 1 is 1.06 bits per heavy atom. The number of carbonyl (C=O) groups excluding carboxylic acids is 1. The van der Waals surface area contributed by atoms with E-state index in [1.807, 2.05) is 44.2 Å². The number of hydrogen-bond acceptors (Lipinski definition) is 4. The zero-order valence-corrected chi connectivity index (χ0v) is 19.1. The fourth-order valence-electron chi connectivity index (χ4n) is 3.87. The van der Waals surface area contributed by atoms with Crippen LogP contribution in [0.5, 0.6) is 0 Å². The summed E-state index contributed by atoms with van der Waals surface area (Å²) >= 11 is 0. The lowest BCUT2D eigenvalue weighted by Gasteiger charge is -2.17. The van der Waals surface area contributed by atoms with Gasteiger partial charge in [0.2, 0.25) is 0 Å². The van der Waals surface area contributed by atoms with Crippen LogP contribution in [0.1, 0.15) is 46.0 Å². The number of amides is 1. The lowest BCUT2D eigenvalue weighted by Crippen LogP contribution is -2.28. The summed E-state index contributed by atoms with van der Waals surface area (Å²) in [6, 6.07) is 15.7. The minimum Gasteiger partial charge on any atom is -0.355 e. The molecule has 0 spiro atoms. The zero-order valence-electron chi connectivity index (χ0n) is 19.1. The van der Waals surface area contributed by atoms with Gasteiger partial charge in [0.15, 0.2) is 0 Å². The summed E-state index contributed by atoms with van der Waals surface area (Å²) in [6.07, 6.45) is 2.81. The van der Waals surface area contributed by atoms with E-state index in [9.17, 15) is 4.79 Å². The molecule has 0 unspecified atom stereocenters. The van der Waals surface area contributed by atoms with Gasteiger partial charge in [-0.05, 0) is 73.9 Å². The third-order valence-electron chi connectivity index (χ3n) is 5.60. The Bertz CT molecular complexity index is 1220. The molecule has 32 heavy (non-hydrogen) atoms. The fraction of sp³-hybridized carbons (Fsp3) is 0.259. The number of aryl methyl sites for hydroxylation is 2.